The highest BCUT2D eigenvalue weighted by atomic mass is 32.2. The summed E-state index contributed by atoms with van der Waals surface area (Å²) in [6, 6.07) is 0. The van der Waals surface area contributed by atoms with E-state index in [9.17, 15) is 0 Å². The van der Waals surface area contributed by atoms with Gasteiger partial charge in [-0.1, -0.05) is 0 Å². The van der Waals surface area contributed by atoms with Crippen molar-refractivity contribution < 1.29 is 0 Å². The van der Waals surface area contributed by atoms with Gasteiger partial charge >= 0.3 is 0 Å². The molecule has 2 heterocycles. The molecule has 0 N–H and O–H groups in total. The summed E-state index contributed by atoms with van der Waals surface area (Å²) in [6.07, 6.45) is 0. The molecule has 7 heavy (non-hydrogen) atoms. The van der Waals surface area contributed by atoms with Crippen LogP contribution in [0.3, 0.4) is 0 Å². The summed E-state index contributed by atoms with van der Waals surface area (Å²) < 4.78 is 0.861. The van der Waals surface area contributed by atoms with E-state index in [1.54, 1.807) is 0 Å². The van der Waals surface area contributed by atoms with Crippen molar-refractivity contribution in [3.05, 3.63) is 0 Å². The largest absolute Gasteiger partial charge is 0.273 e. The molecular weight excluding hydrogens is 126 g/mol. The number of rotatable bonds is 0. The van der Waals surface area contributed by atoms with Gasteiger partial charge < -0.3 is 0 Å². The van der Waals surface area contributed by atoms with Crippen molar-refractivity contribution in [3.8, 4) is 0 Å². The molecule has 2 rings (SSSR count). The third-order valence-corrected chi connectivity index (χ3v) is 4.20. The molecule has 0 radical (unpaired) electrons. The summed E-state index contributed by atoms with van der Waals surface area (Å²) in [7, 11) is 0. The summed E-state index contributed by atoms with van der Waals surface area (Å²) in [4.78, 5) is 2.51. The van der Waals surface area contributed by atoms with Gasteiger partial charge in [0, 0.05) is 18.2 Å². The standard InChI is InChI=1S/C4H7NS2/c1-2-6-4-5(1)3-7-4/h4H,1-3H2. The van der Waals surface area contributed by atoms with E-state index >= 15 is 0 Å². The summed E-state index contributed by atoms with van der Waals surface area (Å²) in [5.41, 5.74) is 0. The zero-order valence-electron chi connectivity index (χ0n) is 3.96. The normalized spacial score (nSPS) is 40.3. The lowest BCUT2D eigenvalue weighted by atomic mass is 10.7. The van der Waals surface area contributed by atoms with Crippen LogP contribution in [-0.4, -0.2) is 27.8 Å². The molecule has 1 unspecified atom stereocenters. The highest BCUT2D eigenvalue weighted by Gasteiger charge is 2.33. The molecule has 0 aromatic carbocycles. The monoisotopic (exact) mass is 133 g/mol. The van der Waals surface area contributed by atoms with Crippen LogP contribution < -0.4 is 0 Å². The maximum absolute atomic E-state index is 2.51. The Morgan fingerprint density at radius 2 is 2.43 bits per heavy atom. The molecule has 0 amide bonds. The van der Waals surface area contributed by atoms with Crippen molar-refractivity contribution >= 4 is 23.5 Å². The van der Waals surface area contributed by atoms with Gasteiger partial charge in [-0.25, -0.2) is 0 Å². The Bertz CT molecular complexity index is 75.8. The third kappa shape index (κ3) is 0.590. The quantitative estimate of drug-likeness (QED) is 0.486. The fraction of sp³-hybridized carbons (Fsp3) is 1.00. The highest BCUT2D eigenvalue weighted by Crippen LogP contribution is 2.41. The average molecular weight is 133 g/mol. The van der Waals surface area contributed by atoms with Crippen molar-refractivity contribution in [2.45, 2.75) is 4.71 Å². The number of hydrogen-bond donors (Lipinski definition) is 0. The van der Waals surface area contributed by atoms with Crippen molar-refractivity contribution in [2.75, 3.05) is 18.2 Å². The SMILES string of the molecule is C1CN2CSC2S1. The second kappa shape index (κ2) is 1.57. The first kappa shape index (κ1) is 4.53. The Balaban J connectivity index is 2.03. The molecule has 0 aromatic rings. The van der Waals surface area contributed by atoms with Crippen LogP contribution in [0.1, 0.15) is 0 Å². The molecule has 3 heteroatoms. The van der Waals surface area contributed by atoms with Crippen LogP contribution in [0.15, 0.2) is 0 Å². The molecule has 2 aliphatic heterocycles. The first-order valence-corrected chi connectivity index (χ1v) is 4.54. The molecule has 2 fully saturated rings. The van der Waals surface area contributed by atoms with E-state index in [1.165, 1.54) is 18.2 Å². The molecule has 0 bridgehead atoms. The Morgan fingerprint density at radius 1 is 1.43 bits per heavy atom. The summed E-state index contributed by atoms with van der Waals surface area (Å²) in [5, 5.41) is 0. The first-order chi connectivity index (χ1) is 3.47. The van der Waals surface area contributed by atoms with Gasteiger partial charge in [-0.15, -0.1) is 23.5 Å². The summed E-state index contributed by atoms with van der Waals surface area (Å²) >= 11 is 4.15. The molecule has 0 aromatic heterocycles. The molecule has 2 saturated heterocycles. The Labute approximate surface area is 51.8 Å². The van der Waals surface area contributed by atoms with Crippen LogP contribution in [-0.2, 0) is 0 Å². The molecule has 0 aliphatic carbocycles. The van der Waals surface area contributed by atoms with E-state index in [2.05, 4.69) is 28.4 Å². The molecule has 1 nitrogen and oxygen atoms in total. The maximum Gasteiger partial charge on any atom is 0.105 e. The first-order valence-electron chi connectivity index (χ1n) is 2.44. The second-order valence-corrected chi connectivity index (χ2v) is 4.31. The van der Waals surface area contributed by atoms with Gasteiger partial charge in [0.25, 0.3) is 0 Å². The lowest BCUT2D eigenvalue weighted by molar-refractivity contribution is 0.367. The van der Waals surface area contributed by atoms with Gasteiger partial charge in [0.1, 0.15) is 4.71 Å². The lowest BCUT2D eigenvalue weighted by Gasteiger charge is -2.32. The maximum atomic E-state index is 2.51. The minimum absolute atomic E-state index is 0.861. The number of thioether (sulfide) groups is 2. The zero-order chi connectivity index (χ0) is 4.69. The van der Waals surface area contributed by atoms with Crippen molar-refractivity contribution in [3.63, 3.8) is 0 Å². The van der Waals surface area contributed by atoms with Gasteiger partial charge in [0.05, 0.1) is 0 Å². The van der Waals surface area contributed by atoms with Gasteiger partial charge in [-0.05, 0) is 0 Å². The summed E-state index contributed by atoms with van der Waals surface area (Å²) in [6.45, 7) is 1.34. The minimum atomic E-state index is 0.861. The van der Waals surface area contributed by atoms with Crippen molar-refractivity contribution in [2.24, 2.45) is 0 Å². The fourth-order valence-electron chi connectivity index (χ4n) is 0.835. The Morgan fingerprint density at radius 3 is 2.71 bits per heavy atom. The average Bonchev–Trinajstić information content (AvgIpc) is 1.85. The zero-order valence-corrected chi connectivity index (χ0v) is 5.60. The van der Waals surface area contributed by atoms with E-state index in [1.807, 2.05) is 0 Å². The topological polar surface area (TPSA) is 3.24 Å². The lowest BCUT2D eigenvalue weighted by Crippen LogP contribution is -2.35. The number of nitrogens with zero attached hydrogens (tertiary/aromatic N) is 1. The molecule has 1 atom stereocenters. The molecule has 0 spiro atoms. The fourth-order valence-corrected chi connectivity index (χ4v) is 3.45. The van der Waals surface area contributed by atoms with E-state index in [0.29, 0.717) is 0 Å². The van der Waals surface area contributed by atoms with Crippen LogP contribution in [0.4, 0.5) is 0 Å². The van der Waals surface area contributed by atoms with Gasteiger partial charge in [-0.3, -0.25) is 4.90 Å². The third-order valence-electron chi connectivity index (χ3n) is 1.32. The van der Waals surface area contributed by atoms with Crippen LogP contribution in [0, 0.1) is 0 Å². The van der Waals surface area contributed by atoms with Gasteiger partial charge in [0.15, 0.2) is 0 Å². The van der Waals surface area contributed by atoms with Gasteiger partial charge in [0.2, 0.25) is 0 Å². The van der Waals surface area contributed by atoms with E-state index < -0.39 is 0 Å². The highest BCUT2D eigenvalue weighted by molar-refractivity contribution is 8.18. The molecule has 40 valence electrons. The van der Waals surface area contributed by atoms with Crippen LogP contribution in [0.25, 0.3) is 0 Å². The molecule has 0 saturated carbocycles. The second-order valence-electron chi connectivity index (χ2n) is 1.79. The van der Waals surface area contributed by atoms with E-state index in [4.69, 9.17) is 0 Å². The van der Waals surface area contributed by atoms with Crippen molar-refractivity contribution in [1.29, 1.82) is 0 Å². The molecule has 2 aliphatic rings. The number of hydrogen-bond acceptors (Lipinski definition) is 3. The van der Waals surface area contributed by atoms with Gasteiger partial charge in [-0.2, -0.15) is 0 Å². The summed E-state index contributed by atoms with van der Waals surface area (Å²) in [5.74, 6) is 2.65. The van der Waals surface area contributed by atoms with Crippen LogP contribution in [0.2, 0.25) is 0 Å². The minimum Gasteiger partial charge on any atom is -0.273 e. The van der Waals surface area contributed by atoms with E-state index in [0.717, 1.165) is 4.71 Å². The Kier molecular flexibility index (Phi) is 1.02. The van der Waals surface area contributed by atoms with E-state index in [-0.39, 0.29) is 0 Å². The Hall–Kier alpha value is 0.660. The van der Waals surface area contributed by atoms with Crippen LogP contribution in [0.5, 0.6) is 0 Å². The number of fused-ring (bicyclic) bond motifs is 1. The van der Waals surface area contributed by atoms with Crippen molar-refractivity contribution in [1.82, 2.24) is 4.90 Å². The predicted molar refractivity (Wildman–Crippen MR) is 35.4 cm³/mol. The predicted octanol–water partition coefficient (Wildman–Crippen LogP) is 1.02. The molecular formula is C4H7NS2. The van der Waals surface area contributed by atoms with Crippen LogP contribution >= 0.6 is 23.5 Å². The smallest absolute Gasteiger partial charge is 0.105 e.